The van der Waals surface area contributed by atoms with Crippen LogP contribution in [0.2, 0.25) is 0 Å². The number of hydrogen-bond acceptors (Lipinski definition) is 4. The maximum Gasteiger partial charge on any atom is 0.224 e. The van der Waals surface area contributed by atoms with Crippen LogP contribution in [0.5, 0.6) is 0 Å². The fourth-order valence-corrected chi connectivity index (χ4v) is 4.46. The van der Waals surface area contributed by atoms with E-state index in [1.54, 1.807) is 30.7 Å². The summed E-state index contributed by atoms with van der Waals surface area (Å²) in [4.78, 5) is 12.4. The molecule has 0 fully saturated rings. The summed E-state index contributed by atoms with van der Waals surface area (Å²) in [6, 6.07) is 7.08. The number of rotatable bonds is 8. The summed E-state index contributed by atoms with van der Waals surface area (Å²) in [6.45, 7) is 7.67. The van der Waals surface area contributed by atoms with Gasteiger partial charge in [0.25, 0.3) is 0 Å². The summed E-state index contributed by atoms with van der Waals surface area (Å²) in [6.07, 6.45) is 0.251. The van der Waals surface area contributed by atoms with Gasteiger partial charge in [-0.15, -0.1) is 0 Å². The molecule has 0 spiro atoms. The fourth-order valence-electron chi connectivity index (χ4n) is 2.97. The highest BCUT2D eigenvalue weighted by molar-refractivity contribution is 7.88. The highest BCUT2D eigenvalue weighted by Crippen LogP contribution is 2.14. The predicted octanol–water partition coefficient (Wildman–Crippen LogP) is 1.72. The van der Waals surface area contributed by atoms with Crippen molar-refractivity contribution in [2.45, 2.75) is 52.5 Å². The van der Waals surface area contributed by atoms with Crippen molar-refractivity contribution in [3.05, 3.63) is 52.3 Å². The first-order chi connectivity index (χ1) is 12.6. The fraction of sp³-hybridized carbons (Fsp3) is 0.474. The van der Waals surface area contributed by atoms with Crippen LogP contribution in [0.15, 0.2) is 24.3 Å². The van der Waals surface area contributed by atoms with Crippen LogP contribution in [-0.4, -0.2) is 30.1 Å². The van der Waals surface area contributed by atoms with Crippen molar-refractivity contribution in [1.29, 1.82) is 0 Å². The van der Waals surface area contributed by atoms with Crippen molar-refractivity contribution in [2.75, 3.05) is 0 Å². The molecule has 0 atom stereocenters. The number of nitrogens with one attached hydrogen (secondary N) is 2. The Morgan fingerprint density at radius 2 is 1.81 bits per heavy atom. The largest absolute Gasteiger partial charge is 0.352 e. The molecule has 2 rings (SSSR count). The van der Waals surface area contributed by atoms with Crippen LogP contribution in [0.4, 0.5) is 0 Å². The normalized spacial score (nSPS) is 11.8. The average molecular weight is 393 g/mol. The van der Waals surface area contributed by atoms with Crippen molar-refractivity contribution < 1.29 is 13.2 Å². The molecule has 0 radical (unpaired) electrons. The maximum absolute atomic E-state index is 12.4. The molecule has 0 saturated heterocycles. The van der Waals surface area contributed by atoms with E-state index in [9.17, 15) is 13.2 Å². The Hall–Kier alpha value is -2.19. The SMILES string of the molecule is Cc1nn(C)c(C)c1CC(=O)NCc1ccccc1CS(=O)(=O)NC(C)C. The Labute approximate surface area is 161 Å². The van der Waals surface area contributed by atoms with Crippen LogP contribution < -0.4 is 10.0 Å². The number of carbonyl (C=O) groups is 1. The first-order valence-electron chi connectivity index (χ1n) is 8.91. The van der Waals surface area contributed by atoms with Gasteiger partial charge in [-0.1, -0.05) is 24.3 Å². The molecule has 1 aromatic heterocycles. The second-order valence-corrected chi connectivity index (χ2v) is 8.78. The van der Waals surface area contributed by atoms with E-state index in [-0.39, 0.29) is 30.7 Å². The molecule has 8 heteroatoms. The van der Waals surface area contributed by atoms with E-state index in [4.69, 9.17) is 0 Å². The number of amides is 1. The molecule has 1 heterocycles. The summed E-state index contributed by atoms with van der Waals surface area (Å²) >= 11 is 0. The van der Waals surface area contributed by atoms with E-state index in [1.807, 2.05) is 33.0 Å². The van der Waals surface area contributed by atoms with Gasteiger partial charge < -0.3 is 5.32 Å². The quantitative estimate of drug-likeness (QED) is 0.715. The summed E-state index contributed by atoms with van der Waals surface area (Å²) in [5.41, 5.74) is 4.21. The maximum atomic E-state index is 12.4. The Kier molecular flexibility index (Phi) is 6.78. The zero-order valence-corrected chi connectivity index (χ0v) is 17.4. The van der Waals surface area contributed by atoms with Crippen molar-refractivity contribution >= 4 is 15.9 Å². The van der Waals surface area contributed by atoms with E-state index in [2.05, 4.69) is 15.1 Å². The standard InChI is InChI=1S/C19H28N4O3S/c1-13(2)22-27(25,26)12-17-9-7-6-8-16(17)11-20-19(24)10-18-14(3)21-23(5)15(18)4/h6-9,13,22H,10-12H2,1-5H3,(H,20,24). The Morgan fingerprint density at radius 3 is 2.37 bits per heavy atom. The van der Waals surface area contributed by atoms with Gasteiger partial charge in [0.05, 0.1) is 17.9 Å². The lowest BCUT2D eigenvalue weighted by molar-refractivity contribution is -0.120. The topological polar surface area (TPSA) is 93.1 Å². The minimum atomic E-state index is -3.43. The van der Waals surface area contributed by atoms with E-state index in [0.29, 0.717) is 5.56 Å². The molecule has 1 amide bonds. The van der Waals surface area contributed by atoms with Crippen LogP contribution >= 0.6 is 0 Å². The molecule has 7 nitrogen and oxygen atoms in total. The highest BCUT2D eigenvalue weighted by Gasteiger charge is 2.17. The monoisotopic (exact) mass is 392 g/mol. The van der Waals surface area contributed by atoms with E-state index < -0.39 is 10.0 Å². The number of aromatic nitrogens is 2. The van der Waals surface area contributed by atoms with Crippen LogP contribution in [-0.2, 0) is 40.6 Å². The third-order valence-corrected chi connectivity index (χ3v) is 5.87. The lowest BCUT2D eigenvalue weighted by Crippen LogP contribution is -2.32. The Balaban J connectivity index is 2.05. The van der Waals surface area contributed by atoms with Crippen molar-refractivity contribution in [1.82, 2.24) is 19.8 Å². The number of sulfonamides is 1. The van der Waals surface area contributed by atoms with Crippen LogP contribution in [0.3, 0.4) is 0 Å². The number of aryl methyl sites for hydroxylation is 2. The van der Waals surface area contributed by atoms with E-state index >= 15 is 0 Å². The molecule has 2 N–H and O–H groups in total. The minimum Gasteiger partial charge on any atom is -0.352 e. The molecule has 0 saturated carbocycles. The molecule has 0 aliphatic rings. The van der Waals surface area contributed by atoms with Crippen LogP contribution in [0, 0.1) is 13.8 Å². The zero-order chi connectivity index (χ0) is 20.2. The third kappa shape index (κ3) is 5.90. The molecule has 0 aliphatic carbocycles. The minimum absolute atomic E-state index is 0.113. The molecular formula is C19H28N4O3S. The summed E-state index contributed by atoms with van der Waals surface area (Å²) in [7, 11) is -1.57. The molecule has 1 aromatic carbocycles. The molecule has 0 bridgehead atoms. The van der Waals surface area contributed by atoms with Crippen molar-refractivity contribution in [3.63, 3.8) is 0 Å². The number of nitrogens with zero attached hydrogens (tertiary/aromatic N) is 2. The van der Waals surface area contributed by atoms with Crippen LogP contribution in [0.25, 0.3) is 0 Å². The van der Waals surface area contributed by atoms with Gasteiger partial charge >= 0.3 is 0 Å². The number of benzene rings is 1. The zero-order valence-electron chi connectivity index (χ0n) is 16.5. The van der Waals surface area contributed by atoms with E-state index in [0.717, 1.165) is 22.5 Å². The van der Waals surface area contributed by atoms with Gasteiger partial charge in [-0.3, -0.25) is 9.48 Å². The van der Waals surface area contributed by atoms with Gasteiger partial charge in [-0.25, -0.2) is 13.1 Å². The first kappa shape index (κ1) is 21.1. The Bertz CT molecular complexity index is 917. The number of carbonyl (C=O) groups excluding carboxylic acids is 1. The smallest absolute Gasteiger partial charge is 0.224 e. The first-order valence-corrected chi connectivity index (χ1v) is 10.6. The van der Waals surface area contributed by atoms with Crippen molar-refractivity contribution in [3.8, 4) is 0 Å². The molecule has 2 aromatic rings. The predicted molar refractivity (Wildman–Crippen MR) is 106 cm³/mol. The lowest BCUT2D eigenvalue weighted by atomic mass is 10.1. The van der Waals surface area contributed by atoms with E-state index in [1.165, 1.54) is 0 Å². The van der Waals surface area contributed by atoms with Gasteiger partial charge in [0.2, 0.25) is 15.9 Å². The van der Waals surface area contributed by atoms with Gasteiger partial charge in [0.15, 0.2) is 0 Å². The highest BCUT2D eigenvalue weighted by atomic mass is 32.2. The molecular weight excluding hydrogens is 364 g/mol. The molecule has 148 valence electrons. The summed E-state index contributed by atoms with van der Waals surface area (Å²) in [5.74, 6) is -0.231. The van der Waals surface area contributed by atoms with Gasteiger partial charge in [-0.05, 0) is 38.8 Å². The van der Waals surface area contributed by atoms with Gasteiger partial charge in [0.1, 0.15) is 0 Å². The van der Waals surface area contributed by atoms with Gasteiger partial charge in [0, 0.05) is 30.9 Å². The number of hydrogen-bond donors (Lipinski definition) is 2. The molecule has 27 heavy (non-hydrogen) atoms. The lowest BCUT2D eigenvalue weighted by Gasteiger charge is -2.13. The third-order valence-electron chi connectivity index (χ3n) is 4.35. The molecule has 0 unspecified atom stereocenters. The Morgan fingerprint density at radius 1 is 1.19 bits per heavy atom. The van der Waals surface area contributed by atoms with Gasteiger partial charge in [-0.2, -0.15) is 5.10 Å². The van der Waals surface area contributed by atoms with Crippen molar-refractivity contribution in [2.24, 2.45) is 7.05 Å². The van der Waals surface area contributed by atoms with Crippen LogP contribution in [0.1, 0.15) is 41.9 Å². The molecule has 0 aliphatic heterocycles. The summed E-state index contributed by atoms with van der Waals surface area (Å²) < 4.78 is 28.8. The average Bonchev–Trinajstić information content (AvgIpc) is 2.78. The summed E-state index contributed by atoms with van der Waals surface area (Å²) in [5, 5.41) is 7.21. The second-order valence-electron chi connectivity index (χ2n) is 7.03. The second kappa shape index (κ2) is 8.67.